The third-order valence-electron chi connectivity index (χ3n) is 9.88. The first kappa shape index (κ1) is 25.2. The van der Waals surface area contributed by atoms with Gasteiger partial charge in [-0.15, -0.1) is 0 Å². The second-order valence-electron chi connectivity index (χ2n) is 12.0. The SMILES string of the molecule is CCCCCC1CCC(CCC2CCC3CC(c4cc(F)c(CC)c(F)c4)CCC3C2)CC1. The molecule has 186 valence electrons. The highest BCUT2D eigenvalue weighted by Crippen LogP contribution is 2.49. The van der Waals surface area contributed by atoms with Crippen LogP contribution in [0.15, 0.2) is 12.1 Å². The fourth-order valence-electron chi connectivity index (χ4n) is 7.71. The van der Waals surface area contributed by atoms with Crippen molar-refractivity contribution in [3.8, 4) is 0 Å². The minimum atomic E-state index is -0.340. The molecule has 0 bridgehead atoms. The summed E-state index contributed by atoms with van der Waals surface area (Å²) in [6, 6.07) is 3.27. The number of hydrogen-bond donors (Lipinski definition) is 0. The van der Waals surface area contributed by atoms with Crippen LogP contribution >= 0.6 is 0 Å². The lowest BCUT2D eigenvalue weighted by Gasteiger charge is -2.43. The van der Waals surface area contributed by atoms with E-state index in [1.807, 2.05) is 6.92 Å². The van der Waals surface area contributed by atoms with Crippen molar-refractivity contribution in [2.24, 2.45) is 29.6 Å². The highest BCUT2D eigenvalue weighted by atomic mass is 19.1. The molecule has 0 heterocycles. The molecule has 0 spiro atoms. The van der Waals surface area contributed by atoms with Gasteiger partial charge in [-0.2, -0.15) is 0 Å². The van der Waals surface area contributed by atoms with Gasteiger partial charge in [0, 0.05) is 5.56 Å². The predicted molar refractivity (Wildman–Crippen MR) is 135 cm³/mol. The molecule has 4 unspecified atom stereocenters. The van der Waals surface area contributed by atoms with Gasteiger partial charge in [0.25, 0.3) is 0 Å². The summed E-state index contributed by atoms with van der Waals surface area (Å²) in [7, 11) is 0. The highest BCUT2D eigenvalue weighted by Gasteiger charge is 2.36. The van der Waals surface area contributed by atoms with E-state index in [2.05, 4.69) is 6.92 Å². The smallest absolute Gasteiger partial charge is 0.129 e. The molecule has 3 saturated carbocycles. The van der Waals surface area contributed by atoms with Crippen LogP contribution in [0.1, 0.15) is 134 Å². The van der Waals surface area contributed by atoms with E-state index in [4.69, 9.17) is 0 Å². The second kappa shape index (κ2) is 12.2. The zero-order valence-corrected chi connectivity index (χ0v) is 21.4. The van der Waals surface area contributed by atoms with Crippen LogP contribution in [0.3, 0.4) is 0 Å². The summed E-state index contributed by atoms with van der Waals surface area (Å²) in [5, 5.41) is 0. The Morgan fingerprint density at radius 2 is 1.24 bits per heavy atom. The fourth-order valence-corrected chi connectivity index (χ4v) is 7.71. The van der Waals surface area contributed by atoms with Gasteiger partial charge in [-0.3, -0.25) is 0 Å². The molecule has 1 aromatic carbocycles. The quantitative estimate of drug-likeness (QED) is 0.323. The minimum absolute atomic E-state index is 0.248. The zero-order chi connectivity index (χ0) is 23.2. The average Bonchev–Trinajstić information content (AvgIpc) is 2.83. The normalized spacial score (nSPS) is 32.5. The molecule has 2 heteroatoms. The van der Waals surface area contributed by atoms with Crippen molar-refractivity contribution in [2.75, 3.05) is 0 Å². The van der Waals surface area contributed by atoms with Gasteiger partial charge in [0.15, 0.2) is 0 Å². The summed E-state index contributed by atoms with van der Waals surface area (Å²) in [6.07, 6.45) is 22.7. The van der Waals surface area contributed by atoms with Gasteiger partial charge in [0.05, 0.1) is 0 Å². The second-order valence-corrected chi connectivity index (χ2v) is 12.0. The molecule has 3 aliphatic carbocycles. The third kappa shape index (κ3) is 6.61. The molecule has 3 fully saturated rings. The van der Waals surface area contributed by atoms with Crippen molar-refractivity contribution < 1.29 is 8.78 Å². The molecule has 0 saturated heterocycles. The third-order valence-corrected chi connectivity index (χ3v) is 9.88. The van der Waals surface area contributed by atoms with E-state index in [1.54, 1.807) is 12.1 Å². The van der Waals surface area contributed by atoms with Crippen LogP contribution in [0, 0.1) is 41.2 Å². The Labute approximate surface area is 202 Å². The van der Waals surface area contributed by atoms with Gasteiger partial charge in [-0.1, -0.05) is 84.5 Å². The molecule has 3 aliphatic rings. The molecule has 0 radical (unpaired) electrons. The number of benzene rings is 1. The van der Waals surface area contributed by atoms with E-state index in [-0.39, 0.29) is 17.2 Å². The molecule has 33 heavy (non-hydrogen) atoms. The summed E-state index contributed by atoms with van der Waals surface area (Å²) < 4.78 is 28.7. The Morgan fingerprint density at radius 3 is 1.91 bits per heavy atom. The molecule has 1 aromatic rings. The first-order valence-corrected chi connectivity index (χ1v) is 14.5. The lowest BCUT2D eigenvalue weighted by atomic mass is 9.63. The van der Waals surface area contributed by atoms with Gasteiger partial charge >= 0.3 is 0 Å². The first-order valence-electron chi connectivity index (χ1n) is 14.5. The molecule has 0 aliphatic heterocycles. The Morgan fingerprint density at radius 1 is 0.667 bits per heavy atom. The van der Waals surface area contributed by atoms with Crippen LogP contribution in [-0.4, -0.2) is 0 Å². The van der Waals surface area contributed by atoms with Crippen molar-refractivity contribution in [2.45, 2.75) is 129 Å². The van der Waals surface area contributed by atoms with Crippen molar-refractivity contribution in [1.29, 1.82) is 0 Å². The summed E-state index contributed by atoms with van der Waals surface area (Å²) >= 11 is 0. The molecule has 0 N–H and O–H groups in total. The monoisotopic (exact) mass is 458 g/mol. The number of unbranched alkanes of at least 4 members (excludes halogenated alkanes) is 2. The van der Waals surface area contributed by atoms with E-state index >= 15 is 0 Å². The molecule has 0 aromatic heterocycles. The topological polar surface area (TPSA) is 0 Å². The Kier molecular flexibility index (Phi) is 9.28. The summed E-state index contributed by atoms with van der Waals surface area (Å²) in [5.41, 5.74) is 1.16. The van der Waals surface area contributed by atoms with Crippen LogP contribution in [0.25, 0.3) is 0 Å². The largest absolute Gasteiger partial charge is 0.207 e. The fraction of sp³-hybridized carbons (Fsp3) is 0.806. The van der Waals surface area contributed by atoms with Crippen molar-refractivity contribution in [3.63, 3.8) is 0 Å². The molecule has 4 rings (SSSR count). The minimum Gasteiger partial charge on any atom is -0.207 e. The Balaban J connectivity index is 1.19. The maximum atomic E-state index is 14.3. The van der Waals surface area contributed by atoms with E-state index < -0.39 is 0 Å². The molecule has 4 atom stereocenters. The summed E-state index contributed by atoms with van der Waals surface area (Å²) in [4.78, 5) is 0. The highest BCUT2D eigenvalue weighted by molar-refractivity contribution is 5.29. The number of fused-ring (bicyclic) bond motifs is 1. The number of hydrogen-bond acceptors (Lipinski definition) is 0. The van der Waals surface area contributed by atoms with Crippen molar-refractivity contribution >= 4 is 0 Å². The van der Waals surface area contributed by atoms with Gasteiger partial charge < -0.3 is 0 Å². The maximum Gasteiger partial charge on any atom is 0.129 e. The van der Waals surface area contributed by atoms with E-state index in [9.17, 15) is 8.78 Å². The van der Waals surface area contributed by atoms with Crippen LogP contribution in [0.4, 0.5) is 8.78 Å². The zero-order valence-electron chi connectivity index (χ0n) is 21.4. The van der Waals surface area contributed by atoms with Gasteiger partial charge in [-0.25, -0.2) is 8.78 Å². The molecule has 0 nitrogen and oxygen atoms in total. The number of rotatable bonds is 9. The average molecular weight is 459 g/mol. The summed E-state index contributed by atoms with van der Waals surface area (Å²) in [5.74, 6) is 4.26. The van der Waals surface area contributed by atoms with E-state index in [1.165, 1.54) is 89.9 Å². The van der Waals surface area contributed by atoms with Gasteiger partial charge in [-0.05, 0) is 91.7 Å². The number of halogens is 2. The van der Waals surface area contributed by atoms with Crippen LogP contribution in [0.5, 0.6) is 0 Å². The molecular weight excluding hydrogens is 410 g/mol. The molecule has 0 amide bonds. The maximum absolute atomic E-state index is 14.3. The van der Waals surface area contributed by atoms with Gasteiger partial charge in [0.1, 0.15) is 11.6 Å². The van der Waals surface area contributed by atoms with Crippen LogP contribution in [0.2, 0.25) is 0 Å². The van der Waals surface area contributed by atoms with Crippen molar-refractivity contribution in [1.82, 2.24) is 0 Å². The Bertz CT molecular complexity index is 709. The standard InChI is InChI=1S/C31H48F2/c1-3-5-6-7-22-8-10-23(11-9-22)12-13-24-14-15-26-19-27(17-16-25(26)18-24)28-20-30(32)29(4-2)31(33)21-28/h20-27H,3-19H2,1-2H3. The van der Waals surface area contributed by atoms with E-state index in [0.29, 0.717) is 12.3 Å². The predicted octanol–water partition coefficient (Wildman–Crippen LogP) is 9.99. The van der Waals surface area contributed by atoms with Crippen molar-refractivity contribution in [3.05, 3.63) is 34.9 Å². The van der Waals surface area contributed by atoms with Gasteiger partial charge in [0.2, 0.25) is 0 Å². The lowest BCUT2D eigenvalue weighted by Crippen LogP contribution is -2.31. The molecular formula is C31H48F2. The van der Waals surface area contributed by atoms with Crippen LogP contribution in [-0.2, 0) is 6.42 Å². The first-order chi connectivity index (χ1) is 16.1. The van der Waals surface area contributed by atoms with Crippen LogP contribution < -0.4 is 0 Å². The van der Waals surface area contributed by atoms with E-state index in [0.717, 1.165) is 48.0 Å². The summed E-state index contributed by atoms with van der Waals surface area (Å²) in [6.45, 7) is 4.13. The lowest BCUT2D eigenvalue weighted by molar-refractivity contribution is 0.108. The Hall–Kier alpha value is -0.920.